The molecule has 0 bridgehead atoms. The van der Waals surface area contributed by atoms with E-state index in [1.807, 2.05) is 4.90 Å². The number of anilines is 3. The molecule has 2 aliphatic rings. The van der Waals surface area contributed by atoms with Crippen LogP contribution in [0.2, 0.25) is 0 Å². The summed E-state index contributed by atoms with van der Waals surface area (Å²) in [5, 5.41) is 2.62. The van der Waals surface area contributed by atoms with E-state index in [-0.39, 0.29) is 36.5 Å². The maximum Gasteiger partial charge on any atom is 0.258 e. The number of hydrogen-bond donors (Lipinski definition) is 2. The number of pyridine rings is 1. The van der Waals surface area contributed by atoms with Crippen LogP contribution in [0.3, 0.4) is 0 Å². The zero-order valence-electron chi connectivity index (χ0n) is 22.2. The highest BCUT2D eigenvalue weighted by molar-refractivity contribution is 6.06. The van der Waals surface area contributed by atoms with Crippen LogP contribution in [0, 0.1) is 29.2 Å². The van der Waals surface area contributed by atoms with Gasteiger partial charge in [0, 0.05) is 44.1 Å². The summed E-state index contributed by atoms with van der Waals surface area (Å²) < 4.78 is 66.1. The highest BCUT2D eigenvalue weighted by atomic mass is 35.5. The number of nitrogens with one attached hydrogen (secondary N) is 1. The number of benzene rings is 2. The van der Waals surface area contributed by atoms with E-state index in [0.29, 0.717) is 56.7 Å². The molecule has 13 heteroatoms. The second kappa shape index (κ2) is 13.7. The SMILES string of the molecule is C[C@@H]1C[C@H](N)CN(c2ccncc2NC(=O)c2ccc(F)c(-c3c(F)cc(N4CCOCC4)cc3F)c2F)C1.Cl.Cl. The highest BCUT2D eigenvalue weighted by Crippen LogP contribution is 2.36. The number of amides is 1. The van der Waals surface area contributed by atoms with Crippen molar-refractivity contribution in [2.24, 2.45) is 11.7 Å². The molecule has 41 heavy (non-hydrogen) atoms. The molecule has 222 valence electrons. The van der Waals surface area contributed by atoms with Crippen LogP contribution < -0.4 is 20.9 Å². The van der Waals surface area contributed by atoms with Gasteiger partial charge in [0.25, 0.3) is 5.91 Å². The predicted octanol–water partition coefficient (Wildman–Crippen LogP) is 5.41. The Labute approximate surface area is 247 Å². The monoisotopic (exact) mass is 615 g/mol. The first-order valence-corrected chi connectivity index (χ1v) is 12.8. The van der Waals surface area contributed by atoms with Gasteiger partial charge in [-0.3, -0.25) is 9.78 Å². The van der Waals surface area contributed by atoms with E-state index in [9.17, 15) is 9.18 Å². The highest BCUT2D eigenvalue weighted by Gasteiger charge is 2.28. The Morgan fingerprint density at radius 2 is 1.66 bits per heavy atom. The van der Waals surface area contributed by atoms with Crippen LogP contribution in [0.5, 0.6) is 0 Å². The summed E-state index contributed by atoms with van der Waals surface area (Å²) in [7, 11) is 0. The maximum atomic E-state index is 15.6. The van der Waals surface area contributed by atoms with Crippen LogP contribution in [-0.2, 0) is 4.74 Å². The van der Waals surface area contributed by atoms with Crippen LogP contribution in [0.4, 0.5) is 34.6 Å². The molecule has 1 amide bonds. The lowest BCUT2D eigenvalue weighted by Gasteiger charge is -2.37. The van der Waals surface area contributed by atoms with Crippen molar-refractivity contribution in [3.8, 4) is 11.1 Å². The number of rotatable bonds is 5. The molecular formula is C28H31Cl2F4N5O2. The molecule has 0 aliphatic carbocycles. The zero-order chi connectivity index (χ0) is 27.7. The van der Waals surface area contributed by atoms with E-state index in [0.717, 1.165) is 30.7 Å². The lowest BCUT2D eigenvalue weighted by Crippen LogP contribution is -2.46. The molecule has 2 atom stereocenters. The van der Waals surface area contributed by atoms with Gasteiger partial charge in [0.05, 0.1) is 47.5 Å². The van der Waals surface area contributed by atoms with Crippen molar-refractivity contribution >= 4 is 47.8 Å². The van der Waals surface area contributed by atoms with Crippen molar-refractivity contribution in [1.82, 2.24) is 4.98 Å². The van der Waals surface area contributed by atoms with E-state index in [1.54, 1.807) is 17.2 Å². The second-order valence-electron chi connectivity index (χ2n) is 10.0. The lowest BCUT2D eigenvalue weighted by atomic mass is 9.96. The number of nitrogens with zero attached hydrogens (tertiary/aromatic N) is 3. The third-order valence-corrected chi connectivity index (χ3v) is 7.07. The molecule has 0 spiro atoms. The van der Waals surface area contributed by atoms with Crippen LogP contribution in [0.1, 0.15) is 23.7 Å². The standard InChI is InChI=1S/C28H29F4N5O2.2ClH/c1-16-10-17(33)15-37(14-16)24-4-5-34-13-23(24)35-28(38)19-2-3-20(29)26(27(19)32)25-21(30)11-18(12-22(25)31)36-6-8-39-9-7-36;;/h2-5,11-13,16-17H,6-10,14-15,33H2,1H3,(H,35,38);2*1H/t16-,17+;;/m1../s1. The number of piperidine rings is 1. The fraction of sp³-hybridized carbons (Fsp3) is 0.357. The molecule has 1 aromatic heterocycles. The number of halogens is 6. The Balaban J connectivity index is 0.00000231. The fourth-order valence-electron chi connectivity index (χ4n) is 5.30. The Morgan fingerprint density at radius 1 is 0.976 bits per heavy atom. The van der Waals surface area contributed by atoms with Gasteiger partial charge in [0.15, 0.2) is 0 Å². The van der Waals surface area contributed by atoms with Crippen molar-refractivity contribution in [3.63, 3.8) is 0 Å². The van der Waals surface area contributed by atoms with Crippen LogP contribution in [0.15, 0.2) is 42.7 Å². The van der Waals surface area contributed by atoms with Crippen LogP contribution >= 0.6 is 24.8 Å². The fourth-order valence-corrected chi connectivity index (χ4v) is 5.30. The summed E-state index contributed by atoms with van der Waals surface area (Å²) >= 11 is 0. The molecular weight excluding hydrogens is 585 g/mol. The average Bonchev–Trinajstić information content (AvgIpc) is 2.90. The summed E-state index contributed by atoms with van der Waals surface area (Å²) in [4.78, 5) is 21.0. The molecule has 2 fully saturated rings. The minimum atomic E-state index is -1.37. The smallest absolute Gasteiger partial charge is 0.258 e. The first-order valence-electron chi connectivity index (χ1n) is 12.8. The Hall–Kier alpha value is -3.12. The van der Waals surface area contributed by atoms with Gasteiger partial charge in [0.2, 0.25) is 0 Å². The first-order chi connectivity index (χ1) is 18.7. The van der Waals surface area contributed by atoms with Gasteiger partial charge >= 0.3 is 0 Å². The van der Waals surface area contributed by atoms with Gasteiger partial charge in [-0.25, -0.2) is 17.6 Å². The molecule has 5 rings (SSSR count). The second-order valence-corrected chi connectivity index (χ2v) is 10.0. The number of carbonyl (C=O) groups is 1. The summed E-state index contributed by atoms with van der Waals surface area (Å²) in [5.74, 6) is -5.44. The average molecular weight is 616 g/mol. The van der Waals surface area contributed by atoms with E-state index in [2.05, 4.69) is 17.2 Å². The molecule has 2 aliphatic heterocycles. The van der Waals surface area contributed by atoms with Crippen molar-refractivity contribution in [2.75, 3.05) is 54.5 Å². The molecule has 3 N–H and O–H groups in total. The third kappa shape index (κ3) is 6.86. The minimum absolute atomic E-state index is 0. The van der Waals surface area contributed by atoms with E-state index in [1.165, 1.54) is 6.20 Å². The van der Waals surface area contributed by atoms with Gasteiger partial charge in [-0.15, -0.1) is 24.8 Å². The number of ether oxygens (including phenoxy) is 1. The lowest BCUT2D eigenvalue weighted by molar-refractivity contribution is 0.102. The minimum Gasteiger partial charge on any atom is -0.378 e. The van der Waals surface area contributed by atoms with Crippen molar-refractivity contribution in [1.29, 1.82) is 0 Å². The number of aromatic nitrogens is 1. The van der Waals surface area contributed by atoms with Crippen molar-refractivity contribution < 1.29 is 27.1 Å². The number of morpholine rings is 1. The van der Waals surface area contributed by atoms with Gasteiger partial charge < -0.3 is 25.6 Å². The van der Waals surface area contributed by atoms with Crippen LogP contribution in [-0.4, -0.2) is 56.3 Å². The first kappa shape index (κ1) is 32.4. The van der Waals surface area contributed by atoms with Gasteiger partial charge in [-0.1, -0.05) is 6.92 Å². The molecule has 0 radical (unpaired) electrons. The zero-order valence-corrected chi connectivity index (χ0v) is 23.8. The number of carbonyl (C=O) groups excluding carboxylic acids is 1. The van der Waals surface area contributed by atoms with E-state index in [4.69, 9.17) is 10.5 Å². The number of nitrogens with two attached hydrogens (primary N) is 1. The Bertz CT molecular complexity index is 1360. The molecule has 0 unspecified atom stereocenters. The quantitative estimate of drug-likeness (QED) is 0.373. The number of hydrogen-bond acceptors (Lipinski definition) is 6. The van der Waals surface area contributed by atoms with Gasteiger partial charge in [-0.05, 0) is 42.7 Å². The molecule has 2 saturated heterocycles. The van der Waals surface area contributed by atoms with E-state index >= 15 is 13.2 Å². The molecule has 2 aromatic carbocycles. The summed E-state index contributed by atoms with van der Waals surface area (Å²) in [5.41, 5.74) is 4.98. The van der Waals surface area contributed by atoms with Crippen molar-refractivity contribution in [2.45, 2.75) is 19.4 Å². The molecule has 7 nitrogen and oxygen atoms in total. The maximum absolute atomic E-state index is 15.6. The molecule has 3 aromatic rings. The Kier molecular flexibility index (Phi) is 10.8. The third-order valence-electron chi connectivity index (χ3n) is 7.07. The van der Waals surface area contributed by atoms with Crippen LogP contribution in [0.25, 0.3) is 11.1 Å². The van der Waals surface area contributed by atoms with E-state index < -0.39 is 45.9 Å². The Morgan fingerprint density at radius 3 is 2.32 bits per heavy atom. The molecule has 3 heterocycles. The normalized spacial score (nSPS) is 18.8. The summed E-state index contributed by atoms with van der Waals surface area (Å²) in [6, 6.07) is 5.48. The largest absolute Gasteiger partial charge is 0.378 e. The van der Waals surface area contributed by atoms with Gasteiger partial charge in [-0.2, -0.15) is 0 Å². The summed E-state index contributed by atoms with van der Waals surface area (Å²) in [6.07, 6.45) is 3.86. The summed E-state index contributed by atoms with van der Waals surface area (Å²) in [6.45, 7) is 4.98. The predicted molar refractivity (Wildman–Crippen MR) is 155 cm³/mol. The topological polar surface area (TPSA) is 83.7 Å². The van der Waals surface area contributed by atoms with Gasteiger partial charge in [0.1, 0.15) is 23.3 Å². The molecule has 0 saturated carbocycles. The van der Waals surface area contributed by atoms with Crippen molar-refractivity contribution in [3.05, 3.63) is 71.6 Å².